The Labute approximate surface area is 111 Å². The first kappa shape index (κ1) is 13.8. The van der Waals surface area contributed by atoms with Gasteiger partial charge in [-0.15, -0.1) is 0 Å². The summed E-state index contributed by atoms with van der Waals surface area (Å²) < 4.78 is 4.67. The van der Waals surface area contributed by atoms with E-state index in [4.69, 9.17) is 5.11 Å². The molecule has 6 heteroatoms. The lowest BCUT2D eigenvalue weighted by Gasteiger charge is -2.16. The molecule has 2 fully saturated rings. The summed E-state index contributed by atoms with van der Waals surface area (Å²) in [5.41, 5.74) is -0.494. The average molecular weight is 269 g/mol. The summed E-state index contributed by atoms with van der Waals surface area (Å²) in [6, 6.07) is 0. The van der Waals surface area contributed by atoms with Gasteiger partial charge in [-0.1, -0.05) is 13.8 Å². The van der Waals surface area contributed by atoms with Crippen LogP contribution in [0, 0.1) is 23.2 Å². The highest BCUT2D eigenvalue weighted by atomic mass is 16.5. The number of rotatable bonds is 3. The van der Waals surface area contributed by atoms with Crippen molar-refractivity contribution < 1.29 is 24.2 Å². The van der Waals surface area contributed by atoms with E-state index in [-0.39, 0.29) is 17.8 Å². The van der Waals surface area contributed by atoms with Crippen LogP contribution in [0.1, 0.15) is 20.3 Å². The second-order valence-electron chi connectivity index (χ2n) is 5.91. The second kappa shape index (κ2) is 4.51. The number of hydrogen-bond donors (Lipinski definition) is 1. The van der Waals surface area contributed by atoms with Gasteiger partial charge in [0.25, 0.3) is 0 Å². The van der Waals surface area contributed by atoms with Crippen LogP contribution >= 0.6 is 0 Å². The summed E-state index contributed by atoms with van der Waals surface area (Å²) in [5, 5.41) is 9.08. The predicted molar refractivity (Wildman–Crippen MR) is 65.1 cm³/mol. The maximum atomic E-state index is 12.3. The van der Waals surface area contributed by atoms with E-state index in [1.165, 1.54) is 7.11 Å². The zero-order valence-electron chi connectivity index (χ0n) is 11.4. The van der Waals surface area contributed by atoms with Gasteiger partial charge in [-0.05, 0) is 11.8 Å². The third-order valence-electron chi connectivity index (χ3n) is 4.39. The normalized spacial score (nSPS) is 31.9. The quantitative estimate of drug-likeness (QED) is 0.748. The Morgan fingerprint density at radius 3 is 2.37 bits per heavy atom. The molecule has 2 rings (SSSR count). The predicted octanol–water partition coefficient (Wildman–Crippen LogP) is 0.365. The van der Waals surface area contributed by atoms with Gasteiger partial charge in [-0.25, -0.2) is 0 Å². The van der Waals surface area contributed by atoms with Crippen molar-refractivity contribution in [3.63, 3.8) is 0 Å². The van der Waals surface area contributed by atoms with Crippen molar-refractivity contribution in [2.24, 2.45) is 23.2 Å². The zero-order chi connectivity index (χ0) is 14.4. The molecular weight excluding hydrogens is 250 g/mol. The van der Waals surface area contributed by atoms with Crippen LogP contribution in [0.4, 0.5) is 0 Å². The number of carboxylic acids is 1. The van der Waals surface area contributed by atoms with Gasteiger partial charge in [0.1, 0.15) is 0 Å². The van der Waals surface area contributed by atoms with E-state index in [1.807, 2.05) is 0 Å². The average Bonchev–Trinajstić information content (AvgIpc) is 2.75. The molecule has 3 atom stereocenters. The number of carboxylic acid groups (broad SMARTS) is 1. The number of likely N-dealkylation sites (tertiary alicyclic amines) is 1. The van der Waals surface area contributed by atoms with Gasteiger partial charge < -0.3 is 14.7 Å². The van der Waals surface area contributed by atoms with Crippen LogP contribution in [0.5, 0.6) is 0 Å². The van der Waals surface area contributed by atoms with E-state index < -0.39 is 23.2 Å². The SMILES string of the molecule is COC(=O)C1CCN(C(=O)[C@H]2[C@@H](C(=O)O)C2(C)C)C1. The fourth-order valence-electron chi connectivity index (χ4n) is 3.08. The zero-order valence-corrected chi connectivity index (χ0v) is 11.4. The Hall–Kier alpha value is -1.59. The van der Waals surface area contributed by atoms with E-state index in [9.17, 15) is 14.4 Å². The molecule has 0 bridgehead atoms. The molecule has 19 heavy (non-hydrogen) atoms. The Bertz CT molecular complexity index is 431. The standard InChI is InChI=1S/C13H19NO5/c1-13(2)8(9(13)11(16)17)10(15)14-5-4-7(6-14)12(18)19-3/h7-9H,4-6H2,1-3H3,(H,16,17)/t7?,8-,9+/m1/s1. The number of ether oxygens (including phenoxy) is 1. The summed E-state index contributed by atoms with van der Waals surface area (Å²) in [6.07, 6.45) is 0.587. The van der Waals surface area contributed by atoms with E-state index >= 15 is 0 Å². The first-order valence-electron chi connectivity index (χ1n) is 6.40. The van der Waals surface area contributed by atoms with Crippen LogP contribution in [0.2, 0.25) is 0 Å². The second-order valence-corrected chi connectivity index (χ2v) is 5.91. The van der Waals surface area contributed by atoms with Crippen molar-refractivity contribution in [1.82, 2.24) is 4.90 Å². The highest BCUT2D eigenvalue weighted by Gasteiger charge is 2.66. The van der Waals surface area contributed by atoms with E-state index in [0.29, 0.717) is 19.5 Å². The van der Waals surface area contributed by atoms with Gasteiger partial charge in [0, 0.05) is 13.1 Å². The van der Waals surface area contributed by atoms with Crippen molar-refractivity contribution in [2.75, 3.05) is 20.2 Å². The van der Waals surface area contributed by atoms with Crippen LogP contribution in [0.3, 0.4) is 0 Å². The fourth-order valence-corrected chi connectivity index (χ4v) is 3.08. The molecule has 0 aromatic carbocycles. The van der Waals surface area contributed by atoms with Gasteiger partial charge >= 0.3 is 11.9 Å². The third kappa shape index (κ3) is 2.19. The van der Waals surface area contributed by atoms with Crippen molar-refractivity contribution in [3.05, 3.63) is 0 Å². The maximum Gasteiger partial charge on any atom is 0.310 e. The molecule has 0 aromatic rings. The van der Waals surface area contributed by atoms with Crippen LogP contribution in [-0.4, -0.2) is 48.1 Å². The highest BCUT2D eigenvalue weighted by Crippen LogP contribution is 2.59. The van der Waals surface area contributed by atoms with Gasteiger partial charge in [0.15, 0.2) is 0 Å². The highest BCUT2D eigenvalue weighted by molar-refractivity contribution is 5.92. The summed E-state index contributed by atoms with van der Waals surface area (Å²) in [4.78, 5) is 36.4. The molecule has 1 amide bonds. The topological polar surface area (TPSA) is 83.9 Å². The molecule has 1 aliphatic heterocycles. The number of carbonyl (C=O) groups is 3. The van der Waals surface area contributed by atoms with Crippen LogP contribution in [0.15, 0.2) is 0 Å². The van der Waals surface area contributed by atoms with Crippen LogP contribution in [-0.2, 0) is 19.1 Å². The van der Waals surface area contributed by atoms with Gasteiger partial charge in [-0.3, -0.25) is 14.4 Å². The molecule has 2 aliphatic rings. The first-order valence-corrected chi connectivity index (χ1v) is 6.40. The van der Waals surface area contributed by atoms with Crippen molar-refractivity contribution in [3.8, 4) is 0 Å². The van der Waals surface area contributed by atoms with E-state index in [2.05, 4.69) is 4.74 Å². The number of carbonyl (C=O) groups excluding carboxylic acids is 2. The summed E-state index contributed by atoms with van der Waals surface area (Å²) in [7, 11) is 1.33. The molecule has 1 N–H and O–H groups in total. The lowest BCUT2D eigenvalue weighted by molar-refractivity contribution is -0.145. The molecule has 0 aromatic heterocycles. The fraction of sp³-hybridized carbons (Fsp3) is 0.769. The summed E-state index contributed by atoms with van der Waals surface area (Å²) >= 11 is 0. The molecule has 1 saturated heterocycles. The number of amides is 1. The number of methoxy groups -OCH3 is 1. The first-order chi connectivity index (χ1) is 8.80. The van der Waals surface area contributed by atoms with Crippen LogP contribution < -0.4 is 0 Å². The van der Waals surface area contributed by atoms with Gasteiger partial charge in [0.05, 0.1) is 24.9 Å². The molecule has 1 saturated carbocycles. The van der Waals surface area contributed by atoms with Crippen LogP contribution in [0.25, 0.3) is 0 Å². The lowest BCUT2D eigenvalue weighted by Crippen LogP contribution is -2.33. The van der Waals surface area contributed by atoms with E-state index in [1.54, 1.807) is 18.7 Å². The molecule has 106 valence electrons. The molecule has 1 unspecified atom stereocenters. The molecule has 6 nitrogen and oxygen atoms in total. The Balaban J connectivity index is 2.00. The Morgan fingerprint density at radius 1 is 1.26 bits per heavy atom. The lowest BCUT2D eigenvalue weighted by atomic mass is 10.1. The third-order valence-corrected chi connectivity index (χ3v) is 4.39. The molecule has 0 radical (unpaired) electrons. The number of hydrogen-bond acceptors (Lipinski definition) is 4. The molecule has 0 spiro atoms. The largest absolute Gasteiger partial charge is 0.481 e. The monoisotopic (exact) mass is 269 g/mol. The summed E-state index contributed by atoms with van der Waals surface area (Å²) in [5.74, 6) is -2.74. The number of esters is 1. The minimum absolute atomic E-state index is 0.149. The minimum atomic E-state index is -0.924. The summed E-state index contributed by atoms with van der Waals surface area (Å²) in [6.45, 7) is 4.42. The number of nitrogens with zero attached hydrogens (tertiary/aromatic N) is 1. The van der Waals surface area contributed by atoms with Gasteiger partial charge in [-0.2, -0.15) is 0 Å². The molecule has 1 aliphatic carbocycles. The van der Waals surface area contributed by atoms with Crippen molar-refractivity contribution in [2.45, 2.75) is 20.3 Å². The Morgan fingerprint density at radius 2 is 1.89 bits per heavy atom. The van der Waals surface area contributed by atoms with Crippen molar-refractivity contribution in [1.29, 1.82) is 0 Å². The smallest absolute Gasteiger partial charge is 0.310 e. The van der Waals surface area contributed by atoms with Gasteiger partial charge in [0.2, 0.25) is 5.91 Å². The Kier molecular flexibility index (Phi) is 3.28. The molecular formula is C13H19NO5. The maximum absolute atomic E-state index is 12.3. The number of aliphatic carboxylic acids is 1. The molecule has 1 heterocycles. The van der Waals surface area contributed by atoms with E-state index in [0.717, 1.165) is 0 Å². The van der Waals surface area contributed by atoms with Crippen molar-refractivity contribution >= 4 is 17.8 Å². The minimum Gasteiger partial charge on any atom is -0.481 e.